The van der Waals surface area contributed by atoms with Crippen molar-refractivity contribution in [3.05, 3.63) is 12.7 Å². The molecule has 0 atom stereocenters. The monoisotopic (exact) mass is 400 g/mol. The fourth-order valence-electron chi connectivity index (χ4n) is 2.78. The molecule has 0 radical (unpaired) electrons. The molecule has 138 valence electrons. The molecule has 0 aliphatic rings. The van der Waals surface area contributed by atoms with E-state index < -0.39 is 6.94 Å². The number of rotatable bonds is 18. The Morgan fingerprint density at radius 2 is 1.00 bits per heavy atom. The third-order valence-electron chi connectivity index (χ3n) is 4.24. The summed E-state index contributed by atoms with van der Waals surface area (Å²) >= 11 is 17.1. The molecule has 0 aromatic rings. The topological polar surface area (TPSA) is 9.23 Å². The molecule has 0 aromatic heterocycles. The Bertz CT molecular complexity index is 263. The second-order valence-corrected chi connectivity index (χ2v) is 13.1. The zero-order valence-corrected chi connectivity index (χ0v) is 17.9. The molecule has 1 nitrogen and oxygen atoms in total. The Morgan fingerprint density at radius 1 is 0.652 bits per heavy atom. The number of hydrogen-bond acceptors (Lipinski definition) is 1. The largest absolute Gasteiger partial charge is 0.408 e. The van der Waals surface area contributed by atoms with E-state index in [2.05, 4.69) is 10.6 Å². The highest BCUT2D eigenvalue weighted by molar-refractivity contribution is 7.43. The lowest BCUT2D eigenvalue weighted by atomic mass is 10.0. The molecule has 0 amide bonds. The molecule has 0 aliphatic carbocycles. The first-order chi connectivity index (χ1) is 11.1. The van der Waals surface area contributed by atoms with Crippen LogP contribution in [-0.4, -0.2) is 6.94 Å². The number of hydrogen-bond donors (Lipinski definition) is 0. The summed E-state index contributed by atoms with van der Waals surface area (Å²) < 4.78 is 4.60. The van der Waals surface area contributed by atoms with E-state index in [0.29, 0.717) is 0 Å². The molecular weight excluding hydrogens is 367 g/mol. The summed E-state index contributed by atoms with van der Waals surface area (Å²) in [5.41, 5.74) is 0. The summed E-state index contributed by atoms with van der Waals surface area (Å²) in [5, 5.41) is 0. The Kier molecular flexibility index (Phi) is 18.2. The summed E-state index contributed by atoms with van der Waals surface area (Å²) in [6, 6.07) is 0.729. The maximum absolute atomic E-state index is 5.93. The van der Waals surface area contributed by atoms with Gasteiger partial charge in [0.1, 0.15) is 0 Å². The van der Waals surface area contributed by atoms with Gasteiger partial charge in [-0.3, -0.25) is 3.98 Å². The standard InChI is InChI=1S/C18H35Cl3OSi/c1-2-3-4-5-6-7-8-9-10-11-12-13-14-15-16-17-18-23(20,21)22-19/h2H,1,3-18H2. The van der Waals surface area contributed by atoms with Crippen LogP contribution in [0.3, 0.4) is 0 Å². The second-order valence-electron chi connectivity index (χ2n) is 6.49. The summed E-state index contributed by atoms with van der Waals surface area (Å²) in [5.74, 6) is 0. The molecule has 0 saturated heterocycles. The number of unbranched alkanes of at least 4 members (excludes halogenated alkanes) is 14. The first-order valence-electron chi connectivity index (χ1n) is 9.41. The Morgan fingerprint density at radius 3 is 1.35 bits per heavy atom. The summed E-state index contributed by atoms with van der Waals surface area (Å²) in [6.45, 7) is 1.18. The first kappa shape index (κ1) is 23.8. The van der Waals surface area contributed by atoms with E-state index in [4.69, 9.17) is 34.0 Å². The third kappa shape index (κ3) is 19.0. The van der Waals surface area contributed by atoms with Crippen LogP contribution in [0.1, 0.15) is 96.3 Å². The Balaban J connectivity index is 3.07. The van der Waals surface area contributed by atoms with Crippen molar-refractivity contribution in [3.63, 3.8) is 0 Å². The van der Waals surface area contributed by atoms with Gasteiger partial charge in [-0.25, -0.2) is 0 Å². The van der Waals surface area contributed by atoms with E-state index in [0.717, 1.165) is 12.5 Å². The predicted octanol–water partition coefficient (Wildman–Crippen LogP) is 8.61. The number of allylic oxidation sites excluding steroid dienone is 1. The number of halogens is 3. The van der Waals surface area contributed by atoms with Crippen molar-refractivity contribution in [1.82, 2.24) is 0 Å². The van der Waals surface area contributed by atoms with Crippen LogP contribution < -0.4 is 0 Å². The van der Waals surface area contributed by atoms with E-state index in [1.807, 2.05) is 6.08 Å². The maximum atomic E-state index is 5.93. The molecular formula is C18H35Cl3OSi. The molecule has 0 N–H and O–H groups in total. The average molecular weight is 402 g/mol. The van der Waals surface area contributed by atoms with Gasteiger partial charge < -0.3 is 0 Å². The molecule has 0 spiro atoms. The summed E-state index contributed by atoms with van der Waals surface area (Å²) in [4.78, 5) is 0. The van der Waals surface area contributed by atoms with Gasteiger partial charge in [0.2, 0.25) is 0 Å². The van der Waals surface area contributed by atoms with E-state index >= 15 is 0 Å². The van der Waals surface area contributed by atoms with Gasteiger partial charge >= 0.3 is 6.94 Å². The van der Waals surface area contributed by atoms with Crippen molar-refractivity contribution < 1.29 is 3.98 Å². The van der Waals surface area contributed by atoms with Gasteiger partial charge in [-0.2, -0.15) is 0 Å². The van der Waals surface area contributed by atoms with E-state index in [-0.39, 0.29) is 0 Å². The van der Waals surface area contributed by atoms with Crippen molar-refractivity contribution in [2.24, 2.45) is 0 Å². The van der Waals surface area contributed by atoms with Crippen LogP contribution in [0.25, 0.3) is 0 Å². The zero-order chi connectivity index (χ0) is 17.2. The van der Waals surface area contributed by atoms with E-state index in [9.17, 15) is 0 Å². The van der Waals surface area contributed by atoms with Crippen LogP contribution >= 0.6 is 34.0 Å². The van der Waals surface area contributed by atoms with Gasteiger partial charge in [0.25, 0.3) is 0 Å². The van der Waals surface area contributed by atoms with Crippen LogP contribution in [0.15, 0.2) is 12.7 Å². The van der Waals surface area contributed by atoms with Crippen molar-refractivity contribution in [3.8, 4) is 0 Å². The Labute approximate surface area is 159 Å². The van der Waals surface area contributed by atoms with Crippen LogP contribution in [0.2, 0.25) is 6.04 Å². The zero-order valence-electron chi connectivity index (χ0n) is 14.6. The molecule has 5 heteroatoms. The third-order valence-corrected chi connectivity index (χ3v) is 8.26. The highest BCUT2D eigenvalue weighted by atomic mass is 35.7. The average Bonchev–Trinajstić information content (AvgIpc) is 2.54. The van der Waals surface area contributed by atoms with Crippen molar-refractivity contribution in [2.45, 2.75) is 102 Å². The fraction of sp³-hybridized carbons (Fsp3) is 0.889. The van der Waals surface area contributed by atoms with E-state index in [1.54, 1.807) is 0 Å². The lowest BCUT2D eigenvalue weighted by molar-refractivity contribution is 0.535. The summed E-state index contributed by atoms with van der Waals surface area (Å²) in [6.07, 6.45) is 21.9. The smallest absolute Gasteiger partial charge is 0.289 e. The van der Waals surface area contributed by atoms with Crippen LogP contribution in [0, 0.1) is 0 Å². The van der Waals surface area contributed by atoms with Gasteiger partial charge in [0.05, 0.1) is 11.9 Å². The van der Waals surface area contributed by atoms with Crippen LogP contribution in [0.4, 0.5) is 0 Å². The predicted molar refractivity (Wildman–Crippen MR) is 109 cm³/mol. The normalized spacial score (nSPS) is 11.8. The van der Waals surface area contributed by atoms with Gasteiger partial charge in [-0.1, -0.05) is 89.5 Å². The SMILES string of the molecule is C=CCCCCCCCCCCCCCCCC[Si](Cl)(Cl)OCl. The van der Waals surface area contributed by atoms with Crippen molar-refractivity contribution in [2.75, 3.05) is 0 Å². The lowest BCUT2D eigenvalue weighted by Gasteiger charge is -2.10. The minimum atomic E-state index is -2.58. The van der Waals surface area contributed by atoms with E-state index in [1.165, 1.54) is 89.9 Å². The molecule has 0 fully saturated rings. The molecule has 0 saturated carbocycles. The molecule has 23 heavy (non-hydrogen) atoms. The Hall–Kier alpha value is 0.787. The van der Waals surface area contributed by atoms with Crippen molar-refractivity contribution >= 4 is 41.0 Å². The molecule has 0 bridgehead atoms. The molecule has 0 aromatic carbocycles. The van der Waals surface area contributed by atoms with Crippen LogP contribution in [-0.2, 0) is 3.98 Å². The minimum Gasteiger partial charge on any atom is -0.289 e. The van der Waals surface area contributed by atoms with Crippen molar-refractivity contribution in [1.29, 1.82) is 0 Å². The summed E-state index contributed by atoms with van der Waals surface area (Å²) in [7, 11) is 0. The lowest BCUT2D eigenvalue weighted by Crippen LogP contribution is -2.19. The molecule has 0 rings (SSSR count). The molecule has 0 unspecified atom stereocenters. The second kappa shape index (κ2) is 17.6. The van der Waals surface area contributed by atoms with Crippen LogP contribution in [0.5, 0.6) is 0 Å². The van der Waals surface area contributed by atoms with Gasteiger partial charge in [-0.15, -0.1) is 28.7 Å². The maximum Gasteiger partial charge on any atom is 0.408 e. The highest BCUT2D eigenvalue weighted by Crippen LogP contribution is 2.26. The first-order valence-corrected chi connectivity index (χ1v) is 13.9. The van der Waals surface area contributed by atoms with Gasteiger partial charge in [-0.05, 0) is 18.9 Å². The fourth-order valence-corrected chi connectivity index (χ4v) is 4.55. The molecule has 0 aliphatic heterocycles. The highest BCUT2D eigenvalue weighted by Gasteiger charge is 2.29. The molecule has 0 heterocycles. The van der Waals surface area contributed by atoms with Gasteiger partial charge in [0.15, 0.2) is 0 Å². The van der Waals surface area contributed by atoms with Gasteiger partial charge in [0, 0.05) is 0 Å². The minimum absolute atomic E-state index is 0.729. The quantitative estimate of drug-likeness (QED) is 0.0966.